The van der Waals surface area contributed by atoms with Crippen molar-refractivity contribution in [2.75, 3.05) is 0 Å². The van der Waals surface area contributed by atoms with Crippen LogP contribution in [0.25, 0.3) is 0 Å². The number of hydrogen-bond acceptors (Lipinski definition) is 0. The first kappa shape index (κ1) is 27.1. The predicted molar refractivity (Wildman–Crippen MR) is 11.5 cm³/mol. The Morgan fingerprint density at radius 1 is 0.750 bits per heavy atom. The van der Waals surface area contributed by atoms with E-state index in [9.17, 15) is 0 Å². The van der Waals surface area contributed by atoms with Crippen LogP contribution in [0.2, 0.25) is 0 Å². The van der Waals surface area contributed by atoms with Crippen LogP contribution < -0.4 is 0 Å². The molecule has 0 spiro atoms. The predicted octanol–water partition coefficient (Wildman–Crippen LogP) is -0.767. The summed E-state index contributed by atoms with van der Waals surface area (Å²) in [5.74, 6) is 0. The van der Waals surface area contributed by atoms with Crippen LogP contribution in [-0.2, 0) is 41.2 Å². The molecule has 0 heterocycles. The van der Waals surface area contributed by atoms with Gasteiger partial charge in [0.25, 0.3) is 0 Å². The quantitative estimate of drug-likeness (QED) is 0.364. The van der Waals surface area contributed by atoms with Crippen molar-refractivity contribution < 1.29 is 41.2 Å². The van der Waals surface area contributed by atoms with Gasteiger partial charge in [-0.05, 0) is 0 Å². The summed E-state index contributed by atoms with van der Waals surface area (Å²) >= 11 is 0. The molecule has 0 unspecified atom stereocenters. The first-order chi connectivity index (χ1) is 0. The fraction of sp³-hybridized carbons (Fsp3) is 0. The van der Waals surface area contributed by atoms with Gasteiger partial charge in [-0.25, -0.2) is 0 Å². The Morgan fingerprint density at radius 2 is 0.750 bits per heavy atom. The summed E-state index contributed by atoms with van der Waals surface area (Å²) in [7, 11) is 0. The molecule has 0 N–H and O–H groups in total. The second kappa shape index (κ2) is 16.4. The molecule has 0 fully saturated rings. The summed E-state index contributed by atoms with van der Waals surface area (Å²) in [6.45, 7) is 0. The Morgan fingerprint density at radius 3 is 0.750 bits per heavy atom. The van der Waals surface area contributed by atoms with Crippen LogP contribution in [0.4, 0.5) is 0 Å². The van der Waals surface area contributed by atoms with Gasteiger partial charge in [-0.2, -0.15) is 0 Å². The minimum Gasteiger partial charge on any atom is 0 e. The second-order valence-electron chi connectivity index (χ2n) is 0. The molecule has 0 aliphatic rings. The minimum absolute atomic E-state index is 0. The number of rotatable bonds is 0. The molecular weight excluding hydrogens is 528 g/mol. The van der Waals surface area contributed by atoms with Gasteiger partial charge in [-0.1, -0.05) is 0 Å². The third kappa shape index (κ3) is 8.95. The van der Waals surface area contributed by atoms with Crippen LogP contribution >= 0.6 is 0 Å². The van der Waals surface area contributed by atoms with E-state index in [4.69, 9.17) is 0 Å². The smallest absolute Gasteiger partial charge is 0 e. The van der Waals surface area contributed by atoms with Crippen molar-refractivity contribution in [3.05, 3.63) is 0 Å². The Balaban J connectivity index is 0. The van der Waals surface area contributed by atoms with E-state index in [0.29, 0.717) is 0 Å². The van der Waals surface area contributed by atoms with Crippen molar-refractivity contribution in [2.45, 2.75) is 0 Å². The molecule has 0 aliphatic heterocycles. The summed E-state index contributed by atoms with van der Waals surface area (Å²) in [6, 6.07) is 0. The number of hydrogen-bond donors (Lipinski definition) is 0. The van der Waals surface area contributed by atoms with E-state index in [1.165, 1.54) is 0 Å². The Kier molecular flexibility index (Phi) is 111. The third-order valence-corrected chi connectivity index (χ3v) is 0. The van der Waals surface area contributed by atoms with E-state index in [1.807, 2.05) is 0 Å². The zero-order valence-corrected chi connectivity index (χ0v) is 14.5. The SMILES string of the molecule is [Pb].[Pb].[Ti].[Zn]. The van der Waals surface area contributed by atoms with Gasteiger partial charge in [-0.15, -0.1) is 0 Å². The van der Waals surface area contributed by atoms with Gasteiger partial charge in [0.05, 0.1) is 0 Å². The maximum absolute atomic E-state index is 0. The summed E-state index contributed by atoms with van der Waals surface area (Å²) in [5, 5.41) is 0. The maximum atomic E-state index is 0. The normalized spacial score (nSPS) is 0. The summed E-state index contributed by atoms with van der Waals surface area (Å²) < 4.78 is 0. The van der Waals surface area contributed by atoms with Gasteiger partial charge in [0.15, 0.2) is 0 Å². The van der Waals surface area contributed by atoms with Crippen molar-refractivity contribution in [3.63, 3.8) is 0 Å². The molecule has 0 aromatic carbocycles. The fourth-order valence-corrected chi connectivity index (χ4v) is 0. The van der Waals surface area contributed by atoms with Crippen LogP contribution in [0.15, 0.2) is 0 Å². The van der Waals surface area contributed by atoms with E-state index in [-0.39, 0.29) is 95.8 Å². The summed E-state index contributed by atoms with van der Waals surface area (Å²) in [4.78, 5) is 0. The molecule has 8 radical (unpaired) electrons. The van der Waals surface area contributed by atoms with Crippen molar-refractivity contribution in [1.29, 1.82) is 0 Å². The zero-order valence-electron chi connectivity index (χ0n) is 2.21. The van der Waals surface area contributed by atoms with Crippen LogP contribution in [0.5, 0.6) is 0 Å². The molecule has 0 atom stereocenters. The molecule has 0 rings (SSSR count). The van der Waals surface area contributed by atoms with Crippen molar-refractivity contribution >= 4 is 54.6 Å². The van der Waals surface area contributed by atoms with E-state index in [1.54, 1.807) is 0 Å². The molecule has 0 saturated heterocycles. The third-order valence-electron chi connectivity index (χ3n) is 0. The summed E-state index contributed by atoms with van der Waals surface area (Å²) in [5.41, 5.74) is 0. The molecule has 0 amide bonds. The largest absolute Gasteiger partial charge is 0 e. The van der Waals surface area contributed by atoms with Gasteiger partial charge in [0, 0.05) is 95.8 Å². The van der Waals surface area contributed by atoms with Crippen LogP contribution in [0.3, 0.4) is 0 Å². The van der Waals surface area contributed by atoms with Crippen molar-refractivity contribution in [3.8, 4) is 0 Å². The van der Waals surface area contributed by atoms with Crippen LogP contribution in [0.1, 0.15) is 0 Å². The van der Waals surface area contributed by atoms with Crippen LogP contribution in [0, 0.1) is 0 Å². The van der Waals surface area contributed by atoms with E-state index in [0.717, 1.165) is 0 Å². The van der Waals surface area contributed by atoms with Gasteiger partial charge in [-0.3, -0.25) is 0 Å². The van der Waals surface area contributed by atoms with Crippen molar-refractivity contribution in [2.24, 2.45) is 0 Å². The average molecular weight is 528 g/mol. The van der Waals surface area contributed by atoms with E-state index >= 15 is 0 Å². The molecule has 4 heavy (non-hydrogen) atoms. The molecular formula is Pb2TiZn. The molecule has 0 aliphatic carbocycles. The second-order valence-corrected chi connectivity index (χ2v) is 0. The van der Waals surface area contributed by atoms with E-state index < -0.39 is 0 Å². The molecule has 0 nitrogen and oxygen atoms in total. The molecule has 4 heteroatoms. The molecule has 0 aromatic heterocycles. The first-order valence-electron chi connectivity index (χ1n) is 0. The van der Waals surface area contributed by atoms with Gasteiger partial charge >= 0.3 is 0 Å². The average Bonchev–Trinajstić information content (AvgIpc) is 0. The van der Waals surface area contributed by atoms with E-state index in [2.05, 4.69) is 0 Å². The van der Waals surface area contributed by atoms with Crippen LogP contribution in [-0.4, -0.2) is 54.6 Å². The molecule has 0 bridgehead atoms. The Bertz CT molecular complexity index is 6.00. The topological polar surface area (TPSA) is 0 Å². The zero-order chi connectivity index (χ0) is 0. The van der Waals surface area contributed by atoms with Gasteiger partial charge in [0.2, 0.25) is 0 Å². The standard InChI is InChI=1S/2Pb.Ti.Zn. The van der Waals surface area contributed by atoms with Crippen molar-refractivity contribution in [1.82, 2.24) is 0 Å². The van der Waals surface area contributed by atoms with Gasteiger partial charge in [0.1, 0.15) is 0 Å². The molecule has 0 saturated carbocycles. The monoisotopic (exact) mass is 528 g/mol. The minimum atomic E-state index is 0. The molecule has 0 aromatic rings. The Hall–Kier alpha value is 3.18. The molecule has 14 valence electrons. The Labute approximate surface area is 93.8 Å². The fourth-order valence-electron chi connectivity index (χ4n) is 0. The first-order valence-corrected chi connectivity index (χ1v) is 0. The van der Waals surface area contributed by atoms with Gasteiger partial charge < -0.3 is 0 Å². The summed E-state index contributed by atoms with van der Waals surface area (Å²) in [6.07, 6.45) is 0. The maximum Gasteiger partial charge on any atom is 0 e.